The normalized spacial score (nSPS) is 12.4. The van der Waals surface area contributed by atoms with Crippen molar-refractivity contribution in [2.45, 2.75) is 18.7 Å². The molecule has 1 atom stereocenters. The number of anilines is 4. The summed E-state index contributed by atoms with van der Waals surface area (Å²) in [6.45, 7) is 7.34. The van der Waals surface area contributed by atoms with Gasteiger partial charge in [0.25, 0.3) is 10.1 Å². The third-order valence-corrected chi connectivity index (χ3v) is 7.77. The van der Waals surface area contributed by atoms with Crippen molar-refractivity contribution < 1.29 is 35.6 Å². The highest BCUT2D eigenvalue weighted by Crippen LogP contribution is 2.42. The minimum Gasteiger partial charge on any atom is -0.507 e. The van der Waals surface area contributed by atoms with Gasteiger partial charge in [0, 0.05) is 12.2 Å². The molecule has 0 aliphatic heterocycles. The highest BCUT2D eigenvalue weighted by molar-refractivity contribution is 7.86. The zero-order chi connectivity index (χ0) is 32.7. The molecule has 0 fully saturated rings. The number of fused-ring (bicyclic) bond motifs is 1. The maximum atomic E-state index is 14.1. The molecule has 1 unspecified atom stereocenters. The van der Waals surface area contributed by atoms with E-state index >= 15 is 0 Å². The van der Waals surface area contributed by atoms with Gasteiger partial charge in [0.15, 0.2) is 0 Å². The van der Waals surface area contributed by atoms with Gasteiger partial charge in [0.05, 0.1) is 36.3 Å². The summed E-state index contributed by atoms with van der Waals surface area (Å²) in [6, 6.07) is 8.80. The second-order valence-corrected chi connectivity index (χ2v) is 12.0. The molecule has 238 valence electrons. The Labute approximate surface area is 259 Å². The number of aryl methyl sites for hydroxylation is 2. The van der Waals surface area contributed by atoms with Crippen LogP contribution in [0.1, 0.15) is 11.1 Å². The molecule has 0 amide bonds. The molecule has 4 aromatic rings. The van der Waals surface area contributed by atoms with E-state index in [1.165, 1.54) is 18.2 Å². The van der Waals surface area contributed by atoms with E-state index in [0.717, 1.165) is 17.9 Å². The second-order valence-electron chi connectivity index (χ2n) is 9.38. The molecule has 0 radical (unpaired) electrons. The molecular weight excluding hydrogens is 631 g/mol. The highest BCUT2D eigenvalue weighted by atomic mass is 32.2. The molecule has 15 nitrogen and oxygen atoms in total. The van der Waals surface area contributed by atoms with Gasteiger partial charge in [0.2, 0.25) is 23.0 Å². The number of hydrogen-bond donors (Lipinski definition) is 5. The number of benzene rings is 3. The van der Waals surface area contributed by atoms with Crippen LogP contribution in [0.15, 0.2) is 64.4 Å². The van der Waals surface area contributed by atoms with Crippen molar-refractivity contribution >= 4 is 66.6 Å². The molecule has 1 aromatic heterocycles. The Hall–Kier alpha value is -4.78. The fraction of sp³-hybridized carbons (Fsp3) is 0.222. The summed E-state index contributed by atoms with van der Waals surface area (Å²) in [5, 5.41) is 25.1. The van der Waals surface area contributed by atoms with E-state index < -0.39 is 32.2 Å². The Balaban J connectivity index is 1.54. The number of aromatic hydroxyl groups is 1. The number of nitrogens with one attached hydrogen (secondary N) is 2. The first-order valence-corrected chi connectivity index (χ1v) is 15.8. The molecule has 0 saturated carbocycles. The number of phenolic OH excluding ortho intramolecular Hbond substituents is 1. The minimum atomic E-state index is -4.83. The first-order valence-electron chi connectivity index (χ1n) is 13.1. The van der Waals surface area contributed by atoms with Crippen LogP contribution >= 0.6 is 0 Å². The van der Waals surface area contributed by atoms with Crippen molar-refractivity contribution in [2.24, 2.45) is 10.2 Å². The van der Waals surface area contributed by atoms with Crippen molar-refractivity contribution in [3.05, 3.63) is 66.4 Å². The van der Waals surface area contributed by atoms with E-state index in [9.17, 15) is 26.7 Å². The highest BCUT2D eigenvalue weighted by Gasteiger charge is 2.19. The Morgan fingerprint density at radius 3 is 2.60 bits per heavy atom. The first-order chi connectivity index (χ1) is 21.3. The molecule has 6 N–H and O–H groups in total. The zero-order valence-electron chi connectivity index (χ0n) is 24.0. The average Bonchev–Trinajstić information content (AvgIpc) is 2.95. The lowest BCUT2D eigenvalue weighted by Gasteiger charge is -2.12. The summed E-state index contributed by atoms with van der Waals surface area (Å²) in [5.41, 5.74) is 7.85. The largest absolute Gasteiger partial charge is 0.507 e. The van der Waals surface area contributed by atoms with Crippen LogP contribution in [-0.2, 0) is 30.1 Å². The molecule has 45 heavy (non-hydrogen) atoms. The second kappa shape index (κ2) is 14.3. The summed E-state index contributed by atoms with van der Waals surface area (Å²) in [5.74, 6) is -0.373. The predicted molar refractivity (Wildman–Crippen MR) is 167 cm³/mol. The molecule has 0 saturated heterocycles. The van der Waals surface area contributed by atoms with Crippen molar-refractivity contribution in [2.75, 3.05) is 41.9 Å². The molecular formula is C27H29FN8O7S2. The quantitative estimate of drug-likeness (QED) is 0.0406. The fourth-order valence-corrected chi connectivity index (χ4v) is 5.24. The van der Waals surface area contributed by atoms with E-state index in [2.05, 4.69) is 46.6 Å². The maximum absolute atomic E-state index is 14.1. The van der Waals surface area contributed by atoms with Gasteiger partial charge in [-0.3, -0.25) is 4.55 Å². The van der Waals surface area contributed by atoms with E-state index in [0.29, 0.717) is 16.3 Å². The number of phenols is 1. The van der Waals surface area contributed by atoms with Crippen LogP contribution < -0.4 is 16.4 Å². The van der Waals surface area contributed by atoms with Gasteiger partial charge in [-0.2, -0.15) is 27.8 Å². The number of nitrogens with two attached hydrogens (primary N) is 1. The number of rotatable bonds is 14. The van der Waals surface area contributed by atoms with Gasteiger partial charge in [-0.1, -0.05) is 12.6 Å². The number of aromatic nitrogens is 3. The molecule has 4 rings (SSSR count). The monoisotopic (exact) mass is 660 g/mol. The number of hydrogen-bond acceptors (Lipinski definition) is 14. The lowest BCUT2D eigenvalue weighted by molar-refractivity contribution is 0.159. The number of azo groups is 1. The Kier molecular flexibility index (Phi) is 10.6. The van der Waals surface area contributed by atoms with Crippen LogP contribution in [-0.4, -0.2) is 62.7 Å². The number of nitrogens with zero attached hydrogens (tertiary/aromatic N) is 5. The predicted octanol–water partition coefficient (Wildman–Crippen LogP) is 4.73. The number of nitrogen functional groups attached to an aromatic ring is 1. The summed E-state index contributed by atoms with van der Waals surface area (Å²) in [4.78, 5) is 10.5. The van der Waals surface area contributed by atoms with E-state index in [1.54, 1.807) is 13.0 Å². The third-order valence-electron chi connectivity index (χ3n) is 6.04. The van der Waals surface area contributed by atoms with Crippen LogP contribution in [0.25, 0.3) is 10.8 Å². The Bertz CT molecular complexity index is 1910. The smallest absolute Gasteiger partial charge is 0.315 e. The average molecular weight is 661 g/mol. The summed E-state index contributed by atoms with van der Waals surface area (Å²) < 4.78 is 70.0. The van der Waals surface area contributed by atoms with Gasteiger partial charge < -0.3 is 30.4 Å². The van der Waals surface area contributed by atoms with Gasteiger partial charge in [-0.25, -0.2) is 4.21 Å². The minimum absolute atomic E-state index is 0.0600. The third kappa shape index (κ3) is 8.66. The van der Waals surface area contributed by atoms with Crippen molar-refractivity contribution in [3.63, 3.8) is 0 Å². The van der Waals surface area contributed by atoms with Crippen LogP contribution in [0.3, 0.4) is 0 Å². The van der Waals surface area contributed by atoms with Crippen LogP contribution in [0, 0.1) is 19.9 Å². The number of ether oxygens (including phenoxy) is 1. The molecule has 0 aliphatic rings. The zero-order valence-corrected chi connectivity index (χ0v) is 25.7. The maximum Gasteiger partial charge on any atom is 0.315 e. The standard InChI is InChI=1S/C27H29FN8O7S2/c1-4-43-44(38)10-9-42-8-7-30-26-32-25(28)33-27(34-26)31-18-5-6-19(21(14-18)45(39,40)41)35-36-24-22-17(13-16(3)23(24)29)11-15(2)12-20(22)37/h4-6,11-14,37H,1,7-10,29H2,2-3H3,(H,39,40,41)(H2,30,31,32,33,34). The summed E-state index contributed by atoms with van der Waals surface area (Å²) in [6.07, 6.45) is -0.0603. The van der Waals surface area contributed by atoms with E-state index in [1.807, 2.05) is 13.0 Å². The van der Waals surface area contributed by atoms with E-state index in [-0.39, 0.29) is 65.9 Å². The van der Waals surface area contributed by atoms with Crippen molar-refractivity contribution in [3.8, 4) is 5.75 Å². The van der Waals surface area contributed by atoms with Gasteiger partial charge in [-0.15, -0.1) is 10.2 Å². The van der Waals surface area contributed by atoms with Crippen molar-refractivity contribution in [1.29, 1.82) is 0 Å². The molecule has 0 bridgehead atoms. The topological polar surface area (TPSA) is 224 Å². The van der Waals surface area contributed by atoms with Crippen LogP contribution in [0.4, 0.5) is 39.0 Å². The molecule has 1 heterocycles. The van der Waals surface area contributed by atoms with Crippen molar-refractivity contribution in [1.82, 2.24) is 15.0 Å². The summed E-state index contributed by atoms with van der Waals surface area (Å²) >= 11 is -1.55. The molecule has 3 aromatic carbocycles. The number of halogens is 1. The van der Waals surface area contributed by atoms with Gasteiger partial charge in [-0.05, 0) is 60.7 Å². The van der Waals surface area contributed by atoms with Crippen LogP contribution in [0.5, 0.6) is 5.75 Å². The SMILES string of the molecule is C=COS(=O)CCOCCNc1nc(F)nc(Nc2ccc(N=Nc3c(N)c(C)cc4cc(C)cc(O)c34)c(S(=O)(=O)O)c2)n1. The molecule has 0 aliphatic carbocycles. The Morgan fingerprint density at radius 2 is 1.87 bits per heavy atom. The fourth-order valence-electron chi connectivity index (χ4n) is 4.09. The summed E-state index contributed by atoms with van der Waals surface area (Å²) in [7, 11) is -4.83. The lowest BCUT2D eigenvalue weighted by atomic mass is 10.0. The van der Waals surface area contributed by atoms with Gasteiger partial charge in [0.1, 0.15) is 22.0 Å². The Morgan fingerprint density at radius 1 is 1.11 bits per heavy atom. The lowest BCUT2D eigenvalue weighted by Crippen LogP contribution is -2.15. The first kappa shape index (κ1) is 33.1. The molecule has 0 spiro atoms. The van der Waals surface area contributed by atoms with Crippen LogP contribution in [0.2, 0.25) is 0 Å². The molecule has 18 heteroatoms. The van der Waals surface area contributed by atoms with Gasteiger partial charge >= 0.3 is 6.08 Å². The van der Waals surface area contributed by atoms with E-state index in [4.69, 9.17) is 10.5 Å².